The Labute approximate surface area is 136 Å². The van der Waals surface area contributed by atoms with E-state index in [1.165, 1.54) is 31.2 Å². The normalized spacial score (nSPS) is 24.7. The molecular formula is C19H23N3O. The molecule has 4 rings (SSSR count). The maximum absolute atomic E-state index is 13.1. The molecule has 0 bridgehead atoms. The van der Waals surface area contributed by atoms with E-state index in [2.05, 4.69) is 39.8 Å². The van der Waals surface area contributed by atoms with Gasteiger partial charge in [0.15, 0.2) is 0 Å². The van der Waals surface area contributed by atoms with Gasteiger partial charge in [-0.1, -0.05) is 43.2 Å². The maximum atomic E-state index is 13.1. The van der Waals surface area contributed by atoms with Gasteiger partial charge in [-0.15, -0.1) is 0 Å². The number of carbonyl (C=O) groups excluding carboxylic acids is 1. The number of benzene rings is 1. The fraction of sp³-hybridized carbons (Fsp3) is 0.474. The SMILES string of the molecule is O=C(NCCc1ccn[nH]1)[C@]1(c2ccccc2)CC12CCCC2. The van der Waals surface area contributed by atoms with Crippen molar-refractivity contribution in [3.05, 3.63) is 53.9 Å². The standard InChI is InChI=1S/C19H23N3O/c23-17(20-12-8-16-9-13-21-22-16)19(15-6-2-1-3-7-15)14-18(19)10-4-5-11-18/h1-3,6-7,9,13H,4-5,8,10-12,14H2,(H,20,23)(H,21,22)/t19-/m1/s1. The topological polar surface area (TPSA) is 57.8 Å². The minimum atomic E-state index is -0.293. The molecular weight excluding hydrogens is 286 g/mol. The number of nitrogens with one attached hydrogen (secondary N) is 2. The van der Waals surface area contributed by atoms with Gasteiger partial charge in [0.05, 0.1) is 5.41 Å². The van der Waals surface area contributed by atoms with Crippen LogP contribution in [0.3, 0.4) is 0 Å². The van der Waals surface area contributed by atoms with E-state index in [1.807, 2.05) is 12.1 Å². The Hall–Kier alpha value is -2.10. The summed E-state index contributed by atoms with van der Waals surface area (Å²) in [6.45, 7) is 0.658. The van der Waals surface area contributed by atoms with Crippen molar-refractivity contribution in [2.75, 3.05) is 6.54 Å². The molecule has 0 saturated heterocycles. The van der Waals surface area contributed by atoms with Crippen LogP contribution in [-0.4, -0.2) is 22.6 Å². The van der Waals surface area contributed by atoms with Gasteiger partial charge in [0.2, 0.25) is 5.91 Å². The van der Waals surface area contributed by atoms with E-state index >= 15 is 0 Å². The first-order valence-corrected chi connectivity index (χ1v) is 8.59. The minimum Gasteiger partial charge on any atom is -0.355 e. The van der Waals surface area contributed by atoms with Crippen LogP contribution in [0.1, 0.15) is 43.4 Å². The summed E-state index contributed by atoms with van der Waals surface area (Å²) >= 11 is 0. The molecule has 2 aliphatic rings. The lowest BCUT2D eigenvalue weighted by atomic mass is 9.84. The third-order valence-electron chi connectivity index (χ3n) is 5.84. The number of carbonyl (C=O) groups is 1. The van der Waals surface area contributed by atoms with E-state index in [1.54, 1.807) is 6.20 Å². The molecule has 120 valence electrons. The van der Waals surface area contributed by atoms with Gasteiger partial charge in [0.1, 0.15) is 0 Å². The first-order valence-electron chi connectivity index (χ1n) is 8.59. The molecule has 1 spiro atoms. The Bertz CT molecular complexity index is 674. The number of rotatable bonds is 5. The fourth-order valence-electron chi connectivity index (χ4n) is 4.59. The zero-order valence-corrected chi connectivity index (χ0v) is 13.3. The predicted octanol–water partition coefficient (Wildman–Crippen LogP) is 2.97. The van der Waals surface area contributed by atoms with Crippen LogP contribution >= 0.6 is 0 Å². The summed E-state index contributed by atoms with van der Waals surface area (Å²) in [7, 11) is 0. The summed E-state index contributed by atoms with van der Waals surface area (Å²) in [5.74, 6) is 0.213. The molecule has 1 aromatic heterocycles. The van der Waals surface area contributed by atoms with Crippen molar-refractivity contribution in [1.29, 1.82) is 0 Å². The van der Waals surface area contributed by atoms with Crippen molar-refractivity contribution >= 4 is 5.91 Å². The van der Waals surface area contributed by atoms with Crippen molar-refractivity contribution < 1.29 is 4.79 Å². The monoisotopic (exact) mass is 309 g/mol. The molecule has 4 heteroatoms. The smallest absolute Gasteiger partial charge is 0.231 e. The second-order valence-electron chi connectivity index (χ2n) is 7.02. The zero-order chi connectivity index (χ0) is 15.8. The van der Waals surface area contributed by atoms with E-state index in [0.717, 1.165) is 18.5 Å². The second kappa shape index (κ2) is 5.52. The molecule has 1 aromatic carbocycles. The molecule has 2 aliphatic carbocycles. The largest absolute Gasteiger partial charge is 0.355 e. The molecule has 2 saturated carbocycles. The number of H-pyrrole nitrogens is 1. The molecule has 1 amide bonds. The highest BCUT2D eigenvalue weighted by molar-refractivity contribution is 5.93. The van der Waals surface area contributed by atoms with Gasteiger partial charge < -0.3 is 5.32 Å². The third-order valence-corrected chi connectivity index (χ3v) is 5.84. The number of hydrogen-bond acceptors (Lipinski definition) is 2. The van der Waals surface area contributed by atoms with Crippen molar-refractivity contribution in [2.24, 2.45) is 5.41 Å². The van der Waals surface area contributed by atoms with Crippen LogP contribution < -0.4 is 5.32 Å². The Morgan fingerprint density at radius 1 is 1.17 bits per heavy atom. The molecule has 0 aliphatic heterocycles. The van der Waals surface area contributed by atoms with Gasteiger partial charge in [0, 0.05) is 24.9 Å². The highest BCUT2D eigenvalue weighted by Gasteiger charge is 2.72. The Morgan fingerprint density at radius 2 is 1.96 bits per heavy atom. The molecule has 1 atom stereocenters. The van der Waals surface area contributed by atoms with Crippen molar-refractivity contribution in [2.45, 2.75) is 43.9 Å². The summed E-state index contributed by atoms with van der Waals surface area (Å²) < 4.78 is 0. The van der Waals surface area contributed by atoms with Gasteiger partial charge in [-0.3, -0.25) is 9.89 Å². The molecule has 0 unspecified atom stereocenters. The van der Waals surface area contributed by atoms with E-state index in [0.29, 0.717) is 6.54 Å². The van der Waals surface area contributed by atoms with Gasteiger partial charge in [-0.2, -0.15) is 5.10 Å². The predicted molar refractivity (Wildman–Crippen MR) is 88.9 cm³/mol. The molecule has 1 heterocycles. The van der Waals surface area contributed by atoms with Crippen molar-refractivity contribution in [1.82, 2.24) is 15.5 Å². The Balaban J connectivity index is 1.51. The highest BCUT2D eigenvalue weighted by atomic mass is 16.2. The lowest BCUT2D eigenvalue weighted by Crippen LogP contribution is -2.39. The summed E-state index contributed by atoms with van der Waals surface area (Å²) in [6.07, 6.45) is 8.46. The van der Waals surface area contributed by atoms with E-state index in [4.69, 9.17) is 0 Å². The van der Waals surface area contributed by atoms with E-state index in [-0.39, 0.29) is 16.7 Å². The number of hydrogen-bond donors (Lipinski definition) is 2. The average Bonchev–Trinajstić information content (AvgIpc) is 2.93. The molecule has 0 radical (unpaired) electrons. The molecule has 2 aromatic rings. The van der Waals surface area contributed by atoms with Gasteiger partial charge in [-0.25, -0.2) is 0 Å². The molecule has 2 fully saturated rings. The van der Waals surface area contributed by atoms with Crippen LogP contribution in [0.15, 0.2) is 42.6 Å². The zero-order valence-electron chi connectivity index (χ0n) is 13.3. The highest BCUT2D eigenvalue weighted by Crippen LogP contribution is 2.72. The maximum Gasteiger partial charge on any atom is 0.231 e. The van der Waals surface area contributed by atoms with Crippen molar-refractivity contribution in [3.63, 3.8) is 0 Å². The molecule has 4 nitrogen and oxygen atoms in total. The van der Waals surface area contributed by atoms with Crippen LogP contribution in [0.4, 0.5) is 0 Å². The first kappa shape index (κ1) is 14.5. The van der Waals surface area contributed by atoms with Gasteiger partial charge >= 0.3 is 0 Å². The lowest BCUT2D eigenvalue weighted by molar-refractivity contribution is -0.124. The summed E-state index contributed by atoms with van der Waals surface area (Å²) in [4.78, 5) is 13.1. The van der Waals surface area contributed by atoms with E-state index < -0.39 is 0 Å². The van der Waals surface area contributed by atoms with Crippen LogP contribution in [0.5, 0.6) is 0 Å². The van der Waals surface area contributed by atoms with Crippen LogP contribution in [0.25, 0.3) is 0 Å². The van der Waals surface area contributed by atoms with Crippen LogP contribution in [-0.2, 0) is 16.6 Å². The fourth-order valence-corrected chi connectivity index (χ4v) is 4.59. The second-order valence-corrected chi connectivity index (χ2v) is 7.02. The number of amides is 1. The quantitative estimate of drug-likeness (QED) is 0.892. The third kappa shape index (κ3) is 2.28. The first-order chi connectivity index (χ1) is 11.3. The van der Waals surface area contributed by atoms with Crippen LogP contribution in [0.2, 0.25) is 0 Å². The summed E-state index contributed by atoms with van der Waals surface area (Å²) in [6, 6.07) is 12.3. The number of aromatic amines is 1. The van der Waals surface area contributed by atoms with Crippen LogP contribution in [0, 0.1) is 5.41 Å². The average molecular weight is 309 g/mol. The molecule has 2 N–H and O–H groups in total. The Kier molecular flexibility index (Phi) is 3.47. The number of nitrogens with zero attached hydrogens (tertiary/aromatic N) is 1. The van der Waals surface area contributed by atoms with Crippen molar-refractivity contribution in [3.8, 4) is 0 Å². The van der Waals surface area contributed by atoms with E-state index in [9.17, 15) is 4.79 Å². The lowest BCUT2D eigenvalue weighted by Gasteiger charge is -2.22. The molecule has 23 heavy (non-hydrogen) atoms. The minimum absolute atomic E-state index is 0.213. The summed E-state index contributed by atoms with van der Waals surface area (Å²) in [5.41, 5.74) is 2.18. The summed E-state index contributed by atoms with van der Waals surface area (Å²) in [5, 5.41) is 10.1. The Morgan fingerprint density at radius 3 is 2.65 bits per heavy atom. The van der Waals surface area contributed by atoms with Gasteiger partial charge in [0.25, 0.3) is 0 Å². The number of aromatic nitrogens is 2. The van der Waals surface area contributed by atoms with Gasteiger partial charge in [-0.05, 0) is 36.3 Å².